The fourth-order valence-corrected chi connectivity index (χ4v) is 5.35. The Balaban J connectivity index is 1.47. The standard InChI is InChI=1S/C25H26N2O2/c28-24(22-15-14-18-8-4-6-12-21(18)26-22)27-17-16-25(29,19-9-2-1-3-10-19)20-11-5-7-13-23(20)27/h1-4,6,8-10,12,14-15,20,23,29H,5,7,11,13,16-17H2. The van der Waals surface area contributed by atoms with Gasteiger partial charge in [0.15, 0.2) is 0 Å². The van der Waals surface area contributed by atoms with Crippen LogP contribution in [-0.4, -0.2) is 33.5 Å². The van der Waals surface area contributed by atoms with Crippen LogP contribution in [0.1, 0.15) is 48.2 Å². The van der Waals surface area contributed by atoms with Crippen molar-refractivity contribution in [2.24, 2.45) is 5.92 Å². The Morgan fingerprint density at radius 3 is 2.59 bits per heavy atom. The number of aliphatic hydroxyl groups is 1. The van der Waals surface area contributed by atoms with Gasteiger partial charge in [-0.3, -0.25) is 4.79 Å². The normalized spacial score (nSPS) is 26.9. The molecule has 1 aliphatic carbocycles. The predicted octanol–water partition coefficient (Wildman–Crippen LogP) is 4.53. The van der Waals surface area contributed by atoms with Gasteiger partial charge in [-0.1, -0.05) is 67.4 Å². The summed E-state index contributed by atoms with van der Waals surface area (Å²) in [5, 5.41) is 12.7. The summed E-state index contributed by atoms with van der Waals surface area (Å²) in [6.07, 6.45) is 4.66. The van der Waals surface area contributed by atoms with Crippen LogP contribution in [0.15, 0.2) is 66.7 Å². The van der Waals surface area contributed by atoms with Gasteiger partial charge in [-0.2, -0.15) is 0 Å². The molecule has 3 atom stereocenters. The van der Waals surface area contributed by atoms with Crippen molar-refractivity contribution >= 4 is 16.8 Å². The minimum atomic E-state index is -0.861. The Morgan fingerprint density at radius 2 is 1.72 bits per heavy atom. The van der Waals surface area contributed by atoms with Gasteiger partial charge in [0.2, 0.25) is 0 Å². The van der Waals surface area contributed by atoms with E-state index in [1.165, 1.54) is 0 Å². The molecule has 1 saturated carbocycles. The van der Waals surface area contributed by atoms with Gasteiger partial charge in [-0.05, 0) is 37.0 Å². The maximum absolute atomic E-state index is 13.4. The lowest BCUT2D eigenvalue weighted by atomic mass is 9.66. The van der Waals surface area contributed by atoms with Crippen LogP contribution < -0.4 is 0 Å². The van der Waals surface area contributed by atoms with Crippen LogP contribution in [-0.2, 0) is 5.60 Å². The first-order valence-corrected chi connectivity index (χ1v) is 10.6. The molecule has 5 rings (SSSR count). The first kappa shape index (κ1) is 18.3. The molecule has 29 heavy (non-hydrogen) atoms. The van der Waals surface area contributed by atoms with E-state index in [9.17, 15) is 9.90 Å². The smallest absolute Gasteiger partial charge is 0.272 e. The summed E-state index contributed by atoms with van der Waals surface area (Å²) < 4.78 is 0. The average Bonchev–Trinajstić information content (AvgIpc) is 2.79. The number of likely N-dealkylation sites (tertiary alicyclic amines) is 1. The van der Waals surface area contributed by atoms with Crippen molar-refractivity contribution in [3.05, 3.63) is 78.0 Å². The second-order valence-electron chi connectivity index (χ2n) is 8.39. The van der Waals surface area contributed by atoms with Gasteiger partial charge in [0.25, 0.3) is 5.91 Å². The highest BCUT2D eigenvalue weighted by molar-refractivity contribution is 5.95. The summed E-state index contributed by atoms with van der Waals surface area (Å²) >= 11 is 0. The first-order valence-electron chi connectivity index (χ1n) is 10.6. The molecule has 0 spiro atoms. The van der Waals surface area contributed by atoms with Crippen molar-refractivity contribution in [3.63, 3.8) is 0 Å². The molecule has 2 heterocycles. The van der Waals surface area contributed by atoms with E-state index in [4.69, 9.17) is 0 Å². The number of benzene rings is 2. The molecule has 1 aliphatic heterocycles. The molecular formula is C25H26N2O2. The number of carbonyl (C=O) groups is 1. The number of hydrogen-bond acceptors (Lipinski definition) is 3. The van der Waals surface area contributed by atoms with E-state index in [1.807, 2.05) is 71.6 Å². The maximum atomic E-state index is 13.4. The molecule has 2 fully saturated rings. The number of amides is 1. The van der Waals surface area contributed by atoms with Gasteiger partial charge in [0.05, 0.1) is 11.1 Å². The van der Waals surface area contributed by atoms with Crippen LogP contribution in [0.4, 0.5) is 0 Å². The third-order valence-corrected chi connectivity index (χ3v) is 6.83. The third-order valence-electron chi connectivity index (χ3n) is 6.83. The van der Waals surface area contributed by atoms with E-state index in [-0.39, 0.29) is 17.9 Å². The van der Waals surface area contributed by atoms with Gasteiger partial charge < -0.3 is 10.0 Å². The van der Waals surface area contributed by atoms with Crippen molar-refractivity contribution in [2.45, 2.75) is 43.7 Å². The molecule has 0 radical (unpaired) electrons. The number of hydrogen-bond donors (Lipinski definition) is 1. The lowest BCUT2D eigenvalue weighted by Crippen LogP contribution is -2.59. The largest absolute Gasteiger partial charge is 0.385 e. The minimum Gasteiger partial charge on any atom is -0.385 e. The Kier molecular flexibility index (Phi) is 4.59. The number of para-hydroxylation sites is 1. The molecular weight excluding hydrogens is 360 g/mol. The molecule has 4 nitrogen and oxygen atoms in total. The van der Waals surface area contributed by atoms with Crippen LogP contribution in [0.5, 0.6) is 0 Å². The van der Waals surface area contributed by atoms with Crippen molar-refractivity contribution in [2.75, 3.05) is 6.54 Å². The molecule has 3 unspecified atom stereocenters. The van der Waals surface area contributed by atoms with Crippen LogP contribution >= 0.6 is 0 Å². The monoisotopic (exact) mass is 386 g/mol. The summed E-state index contributed by atoms with van der Waals surface area (Å²) in [5.41, 5.74) is 1.46. The summed E-state index contributed by atoms with van der Waals surface area (Å²) in [5.74, 6) is 0.0552. The third kappa shape index (κ3) is 3.12. The summed E-state index contributed by atoms with van der Waals surface area (Å²) in [7, 11) is 0. The van der Waals surface area contributed by atoms with E-state index in [0.29, 0.717) is 18.7 Å². The number of fused-ring (bicyclic) bond motifs is 2. The zero-order chi connectivity index (χ0) is 19.8. The first-order chi connectivity index (χ1) is 14.2. The Morgan fingerprint density at radius 1 is 0.966 bits per heavy atom. The van der Waals surface area contributed by atoms with Gasteiger partial charge in [-0.15, -0.1) is 0 Å². The number of pyridine rings is 1. The second-order valence-corrected chi connectivity index (χ2v) is 8.39. The molecule has 1 saturated heterocycles. The Hall–Kier alpha value is -2.72. The van der Waals surface area contributed by atoms with Crippen LogP contribution in [0, 0.1) is 5.92 Å². The SMILES string of the molecule is O=C(c1ccc2ccccc2n1)N1CCC(O)(c2ccccc2)C2CCCCC21. The molecule has 2 aliphatic rings. The summed E-state index contributed by atoms with van der Waals surface area (Å²) in [4.78, 5) is 20.0. The number of carbonyl (C=O) groups excluding carboxylic acids is 1. The lowest BCUT2D eigenvalue weighted by Gasteiger charge is -2.52. The quantitative estimate of drug-likeness (QED) is 0.704. The molecule has 1 amide bonds. The number of rotatable bonds is 2. The Labute approximate surface area is 171 Å². The van der Waals surface area contributed by atoms with E-state index in [1.54, 1.807) is 0 Å². The van der Waals surface area contributed by atoms with Crippen molar-refractivity contribution in [3.8, 4) is 0 Å². The zero-order valence-corrected chi connectivity index (χ0v) is 16.5. The van der Waals surface area contributed by atoms with Crippen LogP contribution in [0.2, 0.25) is 0 Å². The van der Waals surface area contributed by atoms with E-state index in [0.717, 1.165) is 42.1 Å². The topological polar surface area (TPSA) is 53.4 Å². The molecule has 1 N–H and O–H groups in total. The van der Waals surface area contributed by atoms with Crippen molar-refractivity contribution in [1.82, 2.24) is 9.88 Å². The molecule has 1 aromatic heterocycles. The predicted molar refractivity (Wildman–Crippen MR) is 113 cm³/mol. The number of piperidine rings is 1. The fourth-order valence-electron chi connectivity index (χ4n) is 5.35. The van der Waals surface area contributed by atoms with E-state index in [2.05, 4.69) is 4.98 Å². The van der Waals surface area contributed by atoms with Crippen molar-refractivity contribution in [1.29, 1.82) is 0 Å². The number of nitrogens with zero attached hydrogens (tertiary/aromatic N) is 2. The lowest BCUT2D eigenvalue weighted by molar-refractivity contribution is -0.110. The molecule has 3 aromatic rings. The number of aromatic nitrogens is 1. The van der Waals surface area contributed by atoms with Gasteiger partial charge >= 0.3 is 0 Å². The fraction of sp³-hybridized carbons (Fsp3) is 0.360. The van der Waals surface area contributed by atoms with Crippen LogP contribution in [0.25, 0.3) is 10.9 Å². The van der Waals surface area contributed by atoms with Gasteiger partial charge in [0, 0.05) is 23.9 Å². The molecule has 0 bridgehead atoms. The van der Waals surface area contributed by atoms with E-state index < -0.39 is 5.60 Å². The van der Waals surface area contributed by atoms with Crippen LogP contribution in [0.3, 0.4) is 0 Å². The maximum Gasteiger partial charge on any atom is 0.272 e. The average molecular weight is 386 g/mol. The highest BCUT2D eigenvalue weighted by Crippen LogP contribution is 2.47. The summed E-state index contributed by atoms with van der Waals surface area (Å²) in [6, 6.07) is 21.7. The molecule has 2 aromatic carbocycles. The van der Waals surface area contributed by atoms with Gasteiger partial charge in [0.1, 0.15) is 5.69 Å². The Bertz CT molecular complexity index is 1040. The summed E-state index contributed by atoms with van der Waals surface area (Å²) in [6.45, 7) is 0.555. The second kappa shape index (κ2) is 7.27. The highest BCUT2D eigenvalue weighted by atomic mass is 16.3. The molecule has 148 valence electrons. The molecule has 4 heteroatoms. The minimum absolute atomic E-state index is 0.0113. The van der Waals surface area contributed by atoms with Crippen molar-refractivity contribution < 1.29 is 9.90 Å². The van der Waals surface area contributed by atoms with E-state index >= 15 is 0 Å². The zero-order valence-electron chi connectivity index (χ0n) is 16.5. The van der Waals surface area contributed by atoms with Gasteiger partial charge in [-0.25, -0.2) is 4.98 Å². The highest BCUT2D eigenvalue weighted by Gasteiger charge is 2.50.